The number of carbonyl (C=O) groups excluding carboxylic acids is 1. The van der Waals surface area contributed by atoms with Crippen molar-refractivity contribution < 1.29 is 23.8 Å². The number of halogens is 1. The van der Waals surface area contributed by atoms with Crippen LogP contribution < -0.4 is 15.8 Å². The van der Waals surface area contributed by atoms with Gasteiger partial charge in [0.2, 0.25) is 0 Å². The van der Waals surface area contributed by atoms with E-state index in [0.717, 1.165) is 23.5 Å². The summed E-state index contributed by atoms with van der Waals surface area (Å²) in [6.45, 7) is 3.18. The molecule has 0 radical (unpaired) electrons. The molecule has 1 amide bonds. The summed E-state index contributed by atoms with van der Waals surface area (Å²) in [5, 5.41) is 17.1. The van der Waals surface area contributed by atoms with E-state index in [1.807, 2.05) is 24.3 Å². The molecule has 2 N–H and O–H groups in total. The third-order valence-corrected chi connectivity index (χ3v) is 6.12. The fraction of sp³-hybridized carbons (Fsp3) is 0.320. The molecule has 0 saturated carbocycles. The zero-order chi connectivity index (χ0) is 24.4. The summed E-state index contributed by atoms with van der Waals surface area (Å²) >= 11 is 0. The molecule has 3 aromatic rings. The summed E-state index contributed by atoms with van der Waals surface area (Å²) in [4.78, 5) is 28.5. The number of aromatic nitrogens is 2. The van der Waals surface area contributed by atoms with Crippen molar-refractivity contribution >= 4 is 11.6 Å². The summed E-state index contributed by atoms with van der Waals surface area (Å²) in [5.74, 6) is -1.20. The number of ether oxygens (including phenoxy) is 2. The van der Waals surface area contributed by atoms with Crippen LogP contribution in [0.3, 0.4) is 0 Å². The van der Waals surface area contributed by atoms with Crippen LogP contribution in [0.1, 0.15) is 10.4 Å². The number of anilines is 1. The number of aliphatic hydroxyl groups excluding tert-OH is 1. The number of aliphatic hydroxyl groups is 1. The number of nitrogens with one attached hydrogen (secondary N) is 1. The maximum absolute atomic E-state index is 13.9. The molecule has 2 aromatic carbocycles. The number of morpholine rings is 1. The number of amides is 1. The van der Waals surface area contributed by atoms with E-state index in [0.29, 0.717) is 24.5 Å². The topological polar surface area (TPSA) is 106 Å². The quantitative estimate of drug-likeness (QED) is 0.568. The molecule has 0 bridgehead atoms. The number of hydrogen-bond acceptors (Lipinski definition) is 7. The Morgan fingerprint density at radius 3 is 2.49 bits per heavy atom. The van der Waals surface area contributed by atoms with E-state index in [1.54, 1.807) is 6.07 Å². The monoisotopic (exact) mass is 480 g/mol. The number of carbonyl (C=O) groups is 1. The van der Waals surface area contributed by atoms with Crippen molar-refractivity contribution in [2.45, 2.75) is 12.1 Å². The molecular weight excluding hydrogens is 455 g/mol. The minimum atomic E-state index is -0.863. The fourth-order valence-corrected chi connectivity index (χ4v) is 4.17. The average Bonchev–Trinajstić information content (AvgIpc) is 3.28. The van der Waals surface area contributed by atoms with Crippen molar-refractivity contribution in [2.75, 3.05) is 44.4 Å². The van der Waals surface area contributed by atoms with Crippen molar-refractivity contribution in [1.29, 1.82) is 0 Å². The highest BCUT2D eigenvalue weighted by Gasteiger charge is 2.29. The summed E-state index contributed by atoms with van der Waals surface area (Å²) in [6, 6.07) is 13.9. The van der Waals surface area contributed by atoms with E-state index in [-0.39, 0.29) is 24.5 Å². The van der Waals surface area contributed by atoms with Gasteiger partial charge in [-0.3, -0.25) is 9.59 Å². The Morgan fingerprint density at radius 2 is 1.80 bits per heavy atom. The maximum Gasteiger partial charge on any atom is 0.284 e. The molecule has 1 aromatic heterocycles. The second kappa shape index (κ2) is 9.95. The van der Waals surface area contributed by atoms with Crippen LogP contribution in [0.5, 0.6) is 0 Å². The van der Waals surface area contributed by atoms with E-state index in [9.17, 15) is 19.1 Å². The van der Waals surface area contributed by atoms with Gasteiger partial charge in [0.05, 0.1) is 50.0 Å². The first-order valence-corrected chi connectivity index (χ1v) is 11.4. The largest absolute Gasteiger partial charge is 0.388 e. The molecule has 35 heavy (non-hydrogen) atoms. The van der Waals surface area contributed by atoms with E-state index < -0.39 is 29.4 Å². The average molecular weight is 480 g/mol. The molecular formula is C25H25FN4O5. The minimum Gasteiger partial charge on any atom is -0.388 e. The molecule has 182 valence electrons. The number of nitrogens with zero attached hydrogens (tertiary/aromatic N) is 3. The lowest BCUT2D eigenvalue weighted by Gasteiger charge is -2.28. The molecule has 2 aliphatic rings. The molecule has 2 fully saturated rings. The summed E-state index contributed by atoms with van der Waals surface area (Å²) in [7, 11) is 0. The van der Waals surface area contributed by atoms with Crippen molar-refractivity contribution in [2.24, 2.45) is 0 Å². The highest BCUT2D eigenvalue weighted by atomic mass is 19.1. The minimum absolute atomic E-state index is 0.107. The number of benzene rings is 2. The van der Waals surface area contributed by atoms with Crippen LogP contribution >= 0.6 is 0 Å². The van der Waals surface area contributed by atoms with Gasteiger partial charge in [-0.1, -0.05) is 18.2 Å². The lowest BCUT2D eigenvalue weighted by molar-refractivity contribution is 0.0884. The predicted molar refractivity (Wildman–Crippen MR) is 126 cm³/mol. The molecule has 2 unspecified atom stereocenters. The maximum atomic E-state index is 13.9. The van der Waals surface area contributed by atoms with Crippen LogP contribution in [0.25, 0.3) is 16.9 Å². The Labute approximate surface area is 200 Å². The Morgan fingerprint density at radius 1 is 1.03 bits per heavy atom. The van der Waals surface area contributed by atoms with Gasteiger partial charge in [0.25, 0.3) is 11.5 Å². The van der Waals surface area contributed by atoms with Gasteiger partial charge in [0, 0.05) is 24.3 Å². The van der Waals surface area contributed by atoms with Crippen molar-refractivity contribution in [3.05, 3.63) is 76.3 Å². The Hall–Kier alpha value is -3.60. The highest BCUT2D eigenvalue weighted by molar-refractivity contribution is 5.95. The van der Waals surface area contributed by atoms with E-state index >= 15 is 0 Å². The van der Waals surface area contributed by atoms with Gasteiger partial charge in [0.15, 0.2) is 0 Å². The molecule has 2 saturated heterocycles. The summed E-state index contributed by atoms with van der Waals surface area (Å²) < 4.78 is 25.5. The third-order valence-electron chi connectivity index (χ3n) is 6.12. The third kappa shape index (κ3) is 4.95. The molecule has 5 rings (SSSR count). The van der Waals surface area contributed by atoms with E-state index in [2.05, 4.69) is 15.3 Å². The normalized spacial score (nSPS) is 20.1. The van der Waals surface area contributed by atoms with Crippen molar-refractivity contribution in [3.8, 4) is 16.9 Å². The molecule has 2 atom stereocenters. The smallest absolute Gasteiger partial charge is 0.284 e. The van der Waals surface area contributed by atoms with Gasteiger partial charge in [0.1, 0.15) is 11.4 Å². The van der Waals surface area contributed by atoms with Crippen LogP contribution in [-0.4, -0.2) is 72.5 Å². The van der Waals surface area contributed by atoms with Gasteiger partial charge in [-0.05, 0) is 36.4 Å². The standard InChI is InChI=1S/C25H25FN4O5/c26-17-2-1-3-19(12-17)30-25(33)20(24(32)27-22-14-35-15-23(22)31)13-21(28-30)16-4-6-18(7-5-16)29-8-10-34-11-9-29/h1-7,12-13,22-23,31H,8-11,14-15H2,(H,27,32). The van der Waals surface area contributed by atoms with Crippen LogP contribution in [-0.2, 0) is 9.47 Å². The van der Waals surface area contributed by atoms with E-state index in [1.165, 1.54) is 24.3 Å². The molecule has 0 aliphatic carbocycles. The van der Waals surface area contributed by atoms with Crippen LogP contribution in [0, 0.1) is 5.82 Å². The van der Waals surface area contributed by atoms with Crippen LogP contribution in [0.2, 0.25) is 0 Å². The molecule has 10 heteroatoms. The molecule has 9 nitrogen and oxygen atoms in total. The first-order chi connectivity index (χ1) is 17.0. The van der Waals surface area contributed by atoms with Crippen molar-refractivity contribution in [3.63, 3.8) is 0 Å². The molecule has 3 heterocycles. The van der Waals surface area contributed by atoms with Gasteiger partial charge in [-0.2, -0.15) is 9.78 Å². The first kappa shape index (κ1) is 23.2. The van der Waals surface area contributed by atoms with Crippen LogP contribution in [0.15, 0.2) is 59.4 Å². The molecule has 0 spiro atoms. The predicted octanol–water partition coefficient (Wildman–Crippen LogP) is 1.36. The Kier molecular flexibility index (Phi) is 6.58. The summed E-state index contributed by atoms with van der Waals surface area (Å²) in [6.07, 6.45) is -0.863. The number of hydrogen-bond donors (Lipinski definition) is 2. The lowest BCUT2D eigenvalue weighted by atomic mass is 10.1. The zero-order valence-electron chi connectivity index (χ0n) is 18.9. The fourth-order valence-electron chi connectivity index (χ4n) is 4.17. The summed E-state index contributed by atoms with van der Waals surface area (Å²) in [5.41, 5.74) is 1.41. The van der Waals surface area contributed by atoms with Crippen LogP contribution in [0.4, 0.5) is 10.1 Å². The van der Waals surface area contributed by atoms with Gasteiger partial charge in [-0.15, -0.1) is 0 Å². The Balaban J connectivity index is 1.54. The van der Waals surface area contributed by atoms with Crippen molar-refractivity contribution in [1.82, 2.24) is 15.1 Å². The van der Waals surface area contributed by atoms with E-state index in [4.69, 9.17) is 9.47 Å². The Bertz CT molecular complexity index is 1270. The zero-order valence-corrected chi connectivity index (χ0v) is 18.9. The first-order valence-electron chi connectivity index (χ1n) is 11.4. The highest BCUT2D eigenvalue weighted by Crippen LogP contribution is 2.23. The second-order valence-electron chi connectivity index (χ2n) is 8.47. The molecule has 2 aliphatic heterocycles. The van der Waals surface area contributed by atoms with Gasteiger partial charge >= 0.3 is 0 Å². The SMILES string of the molecule is O=C(NC1COCC1O)c1cc(-c2ccc(N3CCOCC3)cc2)nn(-c2cccc(F)c2)c1=O. The van der Waals surface area contributed by atoms with Gasteiger partial charge < -0.3 is 24.8 Å². The van der Waals surface area contributed by atoms with Gasteiger partial charge in [-0.25, -0.2) is 4.39 Å². The number of rotatable bonds is 5. The lowest BCUT2D eigenvalue weighted by Crippen LogP contribution is -2.44. The second-order valence-corrected chi connectivity index (χ2v) is 8.47.